The first-order chi connectivity index (χ1) is 15.3. The fraction of sp³-hybridized carbons (Fsp3) is 0.304. The van der Waals surface area contributed by atoms with Crippen LogP contribution in [0, 0.1) is 0 Å². The molecule has 3 aromatic rings. The Labute approximate surface area is 193 Å². The summed E-state index contributed by atoms with van der Waals surface area (Å²) in [7, 11) is 0. The number of aromatic nitrogens is 2. The van der Waals surface area contributed by atoms with Gasteiger partial charge < -0.3 is 15.4 Å². The lowest BCUT2D eigenvalue weighted by Crippen LogP contribution is -2.12. The van der Waals surface area contributed by atoms with Gasteiger partial charge in [-0.2, -0.15) is 18.2 Å². The van der Waals surface area contributed by atoms with E-state index < -0.39 is 11.7 Å². The molecule has 9 heteroatoms. The number of alkyl halides is 3. The molecule has 2 aromatic carbocycles. The van der Waals surface area contributed by atoms with Crippen molar-refractivity contribution in [2.75, 3.05) is 17.2 Å². The van der Waals surface area contributed by atoms with E-state index >= 15 is 0 Å². The van der Waals surface area contributed by atoms with E-state index in [0.717, 1.165) is 29.3 Å². The molecule has 0 saturated heterocycles. The van der Waals surface area contributed by atoms with E-state index in [-0.39, 0.29) is 11.8 Å². The Bertz CT molecular complexity index is 1010. The largest absolute Gasteiger partial charge is 0.494 e. The van der Waals surface area contributed by atoms with E-state index in [2.05, 4.69) is 43.5 Å². The fourth-order valence-electron chi connectivity index (χ4n) is 2.93. The molecule has 0 aliphatic heterocycles. The van der Waals surface area contributed by atoms with E-state index in [0.29, 0.717) is 18.0 Å². The molecular weight excluding hydrogens is 485 g/mol. The minimum Gasteiger partial charge on any atom is -0.494 e. The lowest BCUT2D eigenvalue weighted by molar-refractivity contribution is -0.137. The van der Waals surface area contributed by atoms with Crippen LogP contribution in [0.25, 0.3) is 0 Å². The van der Waals surface area contributed by atoms with Crippen molar-refractivity contribution >= 4 is 39.1 Å². The fourth-order valence-corrected chi connectivity index (χ4v) is 3.33. The Kier molecular flexibility index (Phi) is 8.33. The summed E-state index contributed by atoms with van der Waals surface area (Å²) < 4.78 is 46.8. The van der Waals surface area contributed by atoms with Crippen LogP contribution in [-0.2, 0) is 6.18 Å². The molecule has 0 aliphatic carbocycles. The molecule has 32 heavy (non-hydrogen) atoms. The Balaban J connectivity index is 1.71. The zero-order chi connectivity index (χ0) is 23.0. The first kappa shape index (κ1) is 23.8. The van der Waals surface area contributed by atoms with Crippen molar-refractivity contribution < 1.29 is 17.9 Å². The van der Waals surface area contributed by atoms with Crippen molar-refractivity contribution in [1.82, 2.24) is 9.97 Å². The first-order valence-corrected chi connectivity index (χ1v) is 11.1. The van der Waals surface area contributed by atoms with Gasteiger partial charge in [0.15, 0.2) is 0 Å². The zero-order valence-electron chi connectivity index (χ0n) is 17.5. The minimum absolute atomic E-state index is 0.0451. The average molecular weight is 509 g/mol. The molecule has 0 aliphatic rings. The van der Waals surface area contributed by atoms with E-state index in [1.807, 2.05) is 0 Å². The molecule has 5 nitrogen and oxygen atoms in total. The number of anilines is 4. The molecule has 0 atom stereocenters. The molecule has 0 unspecified atom stereocenters. The molecule has 170 valence electrons. The molecule has 0 bridgehead atoms. The average Bonchev–Trinajstić information content (AvgIpc) is 2.74. The number of hydrogen-bond acceptors (Lipinski definition) is 5. The summed E-state index contributed by atoms with van der Waals surface area (Å²) in [5.74, 6) is 0.446. The van der Waals surface area contributed by atoms with Gasteiger partial charge in [0.1, 0.15) is 17.1 Å². The maximum atomic E-state index is 13.4. The van der Waals surface area contributed by atoms with Crippen molar-refractivity contribution in [1.29, 1.82) is 0 Å². The lowest BCUT2D eigenvalue weighted by Gasteiger charge is -2.15. The summed E-state index contributed by atoms with van der Waals surface area (Å²) in [6.07, 6.45) is 0.676. The summed E-state index contributed by atoms with van der Waals surface area (Å²) in [6, 6.07) is 13.9. The van der Waals surface area contributed by atoms with Crippen LogP contribution in [0.5, 0.6) is 5.75 Å². The van der Waals surface area contributed by atoms with Gasteiger partial charge in [-0.25, -0.2) is 4.98 Å². The quantitative estimate of drug-likeness (QED) is 0.274. The highest BCUT2D eigenvalue weighted by Gasteiger charge is 2.35. The van der Waals surface area contributed by atoms with E-state index in [1.54, 1.807) is 48.5 Å². The molecule has 3 rings (SSSR count). The highest BCUT2D eigenvalue weighted by atomic mass is 79.9. The van der Waals surface area contributed by atoms with Crippen molar-refractivity contribution in [3.05, 3.63) is 64.8 Å². The summed E-state index contributed by atoms with van der Waals surface area (Å²) in [4.78, 5) is 7.90. The second-order valence-corrected chi connectivity index (χ2v) is 8.06. The van der Waals surface area contributed by atoms with Crippen LogP contribution in [0.3, 0.4) is 0 Å². The molecule has 1 heterocycles. The van der Waals surface area contributed by atoms with Crippen molar-refractivity contribution in [2.24, 2.45) is 0 Å². The van der Waals surface area contributed by atoms with Gasteiger partial charge in [-0.1, -0.05) is 48.2 Å². The van der Waals surface area contributed by atoms with Crippen LogP contribution in [0.4, 0.5) is 36.3 Å². The third kappa shape index (κ3) is 7.12. The van der Waals surface area contributed by atoms with Gasteiger partial charge in [-0.15, -0.1) is 0 Å². The topological polar surface area (TPSA) is 59.1 Å². The van der Waals surface area contributed by atoms with Gasteiger partial charge in [-0.05, 0) is 48.9 Å². The molecule has 0 saturated carbocycles. The number of halogens is 4. The highest BCUT2D eigenvalue weighted by Crippen LogP contribution is 2.35. The van der Waals surface area contributed by atoms with Crippen LogP contribution < -0.4 is 15.4 Å². The van der Waals surface area contributed by atoms with Gasteiger partial charge in [-0.3, -0.25) is 0 Å². The van der Waals surface area contributed by atoms with Crippen LogP contribution in [-0.4, -0.2) is 16.6 Å². The SMILES string of the molecule is CCCCCCOc1ccc(Nc2ncc(C(F)(F)F)c(Nc3cccc(Br)c3)n2)cc1. The standard InChI is InChI=1S/C23H24BrF3N4O/c1-2-3-4-5-13-32-19-11-9-17(10-12-19)30-22-28-15-20(23(25,26)27)21(31-22)29-18-8-6-7-16(24)14-18/h6-12,14-15H,2-5,13H2,1H3,(H2,28,29,30,31). The predicted octanol–water partition coefficient (Wildman–Crippen LogP) is 7.70. The van der Waals surface area contributed by atoms with Gasteiger partial charge >= 0.3 is 6.18 Å². The Hall–Kier alpha value is -2.81. The van der Waals surface area contributed by atoms with Gasteiger partial charge in [0.25, 0.3) is 0 Å². The third-order valence-corrected chi connectivity index (χ3v) is 5.05. The van der Waals surface area contributed by atoms with Crippen LogP contribution in [0.2, 0.25) is 0 Å². The monoisotopic (exact) mass is 508 g/mol. The third-order valence-electron chi connectivity index (χ3n) is 4.56. The summed E-state index contributed by atoms with van der Waals surface area (Å²) >= 11 is 3.31. The first-order valence-electron chi connectivity index (χ1n) is 10.3. The lowest BCUT2D eigenvalue weighted by atomic mass is 10.2. The second-order valence-electron chi connectivity index (χ2n) is 7.15. The van der Waals surface area contributed by atoms with E-state index in [9.17, 15) is 13.2 Å². The Morgan fingerprint density at radius 3 is 2.44 bits per heavy atom. The summed E-state index contributed by atoms with van der Waals surface area (Å²) in [6.45, 7) is 2.81. The van der Waals surface area contributed by atoms with Crippen LogP contribution >= 0.6 is 15.9 Å². The number of rotatable bonds is 10. The number of hydrogen-bond donors (Lipinski definition) is 2. The predicted molar refractivity (Wildman–Crippen MR) is 124 cm³/mol. The molecule has 1 aromatic heterocycles. The highest BCUT2D eigenvalue weighted by molar-refractivity contribution is 9.10. The maximum Gasteiger partial charge on any atom is 0.421 e. The van der Waals surface area contributed by atoms with Gasteiger partial charge in [0, 0.05) is 22.0 Å². The summed E-state index contributed by atoms with van der Waals surface area (Å²) in [5, 5.41) is 5.67. The van der Waals surface area contributed by atoms with E-state index in [1.165, 1.54) is 12.8 Å². The van der Waals surface area contributed by atoms with Crippen molar-refractivity contribution in [2.45, 2.75) is 38.8 Å². The van der Waals surface area contributed by atoms with Crippen molar-refractivity contribution in [3.63, 3.8) is 0 Å². The minimum atomic E-state index is -4.59. The number of unbranched alkanes of at least 4 members (excludes halogenated alkanes) is 3. The number of benzene rings is 2. The molecular formula is C23H24BrF3N4O. The number of ether oxygens (including phenoxy) is 1. The van der Waals surface area contributed by atoms with Gasteiger partial charge in [0.05, 0.1) is 6.61 Å². The van der Waals surface area contributed by atoms with Crippen LogP contribution in [0.1, 0.15) is 38.2 Å². The number of nitrogens with zero attached hydrogens (tertiary/aromatic N) is 2. The number of nitrogens with one attached hydrogen (secondary N) is 2. The Morgan fingerprint density at radius 1 is 0.969 bits per heavy atom. The summed E-state index contributed by atoms with van der Waals surface area (Å²) in [5.41, 5.74) is 0.154. The van der Waals surface area contributed by atoms with E-state index in [4.69, 9.17) is 4.74 Å². The molecule has 0 fully saturated rings. The normalized spacial score (nSPS) is 11.3. The Morgan fingerprint density at radius 2 is 1.75 bits per heavy atom. The van der Waals surface area contributed by atoms with Crippen molar-refractivity contribution in [3.8, 4) is 5.75 Å². The zero-order valence-corrected chi connectivity index (χ0v) is 19.1. The molecule has 0 radical (unpaired) electrons. The van der Waals surface area contributed by atoms with Crippen LogP contribution in [0.15, 0.2) is 59.2 Å². The van der Waals surface area contributed by atoms with Gasteiger partial charge in [0.2, 0.25) is 5.95 Å². The smallest absolute Gasteiger partial charge is 0.421 e. The second kappa shape index (κ2) is 11.2. The molecule has 0 spiro atoms. The molecule has 0 amide bonds. The molecule has 2 N–H and O–H groups in total. The maximum absolute atomic E-state index is 13.4.